The van der Waals surface area contributed by atoms with Gasteiger partial charge in [-0.05, 0) is 42.5 Å². The minimum atomic E-state index is -1.79. The van der Waals surface area contributed by atoms with E-state index in [0.717, 1.165) is 41.8 Å². The summed E-state index contributed by atoms with van der Waals surface area (Å²) in [6.45, 7) is 14.6. The maximum absolute atomic E-state index is 15.0. The minimum Gasteiger partial charge on any atom is -0.381 e. The van der Waals surface area contributed by atoms with E-state index >= 15 is 0 Å². The van der Waals surface area contributed by atoms with Crippen molar-refractivity contribution < 1.29 is 13.9 Å². The number of nitrogens with zero attached hydrogens (tertiary/aromatic N) is 6. The molecule has 0 bridgehead atoms. The molecule has 0 spiro atoms. The third kappa shape index (κ3) is 5.82. The Hall–Kier alpha value is -3.33. The topological polar surface area (TPSA) is 72.0 Å². The van der Waals surface area contributed by atoms with Crippen molar-refractivity contribution in [1.82, 2.24) is 24.5 Å². The molecule has 0 unspecified atom stereocenters. The molecule has 4 rings (SSSR count). The van der Waals surface area contributed by atoms with Gasteiger partial charge in [-0.25, -0.2) is 18.4 Å². The summed E-state index contributed by atoms with van der Waals surface area (Å²) >= 11 is 0. The van der Waals surface area contributed by atoms with E-state index in [9.17, 15) is 13.9 Å². The number of halogens is 2. The monoisotopic (exact) mass is 510 g/mol. The van der Waals surface area contributed by atoms with Crippen LogP contribution in [0.15, 0.2) is 55.2 Å². The van der Waals surface area contributed by atoms with Crippen LogP contribution in [0.3, 0.4) is 0 Å². The molecule has 4 aromatic rings. The first-order chi connectivity index (χ1) is 17.4. The zero-order chi connectivity index (χ0) is 27.0. The number of anilines is 1. The van der Waals surface area contributed by atoms with Gasteiger partial charge in [-0.1, -0.05) is 40.7 Å². The van der Waals surface area contributed by atoms with Crippen LogP contribution in [0.2, 0.25) is 0 Å². The molecule has 2 heterocycles. The van der Waals surface area contributed by atoms with E-state index in [-0.39, 0.29) is 17.5 Å². The van der Waals surface area contributed by atoms with Gasteiger partial charge in [0.05, 0.1) is 24.3 Å². The van der Waals surface area contributed by atoms with Crippen molar-refractivity contribution in [3.63, 3.8) is 0 Å². The largest absolute Gasteiger partial charge is 0.381 e. The molecule has 0 amide bonds. The zero-order valence-corrected chi connectivity index (χ0v) is 22.4. The van der Waals surface area contributed by atoms with Crippen LogP contribution in [0.1, 0.15) is 53.1 Å². The Morgan fingerprint density at radius 1 is 1.03 bits per heavy atom. The van der Waals surface area contributed by atoms with Crippen LogP contribution >= 0.6 is 0 Å². The van der Waals surface area contributed by atoms with Crippen LogP contribution in [-0.4, -0.2) is 42.7 Å². The first-order valence-corrected chi connectivity index (χ1v) is 12.6. The third-order valence-corrected chi connectivity index (χ3v) is 6.52. The van der Waals surface area contributed by atoms with Gasteiger partial charge in [-0.15, -0.1) is 0 Å². The standard InChI is InChI=1S/C28H36F2N6O/c1-19(2)14-34(15-27(4,5)6)23-8-10-26-21(11-23)13-32-36(26)20(3)28(37,16-35-18-31-17-33-35)24-9-7-22(29)12-25(24)30/h7-13,17-20,37H,14-16H2,1-6H3/t20-,28-/m1/s1. The van der Waals surface area contributed by atoms with Crippen molar-refractivity contribution in [2.24, 2.45) is 11.3 Å². The van der Waals surface area contributed by atoms with Crippen LogP contribution in [0.5, 0.6) is 0 Å². The van der Waals surface area contributed by atoms with E-state index < -0.39 is 23.3 Å². The second-order valence-corrected chi connectivity index (χ2v) is 11.5. The predicted molar refractivity (Wildman–Crippen MR) is 141 cm³/mol. The van der Waals surface area contributed by atoms with Gasteiger partial charge in [0.1, 0.15) is 29.9 Å². The molecule has 0 aliphatic carbocycles. The number of aromatic nitrogens is 5. The second kappa shape index (κ2) is 10.2. The molecule has 9 heteroatoms. The number of hydrogen-bond donors (Lipinski definition) is 1. The summed E-state index contributed by atoms with van der Waals surface area (Å²) in [5.74, 6) is -1.05. The second-order valence-electron chi connectivity index (χ2n) is 11.5. The summed E-state index contributed by atoms with van der Waals surface area (Å²) in [4.78, 5) is 6.33. The van der Waals surface area contributed by atoms with E-state index in [1.807, 2.05) is 6.07 Å². The quantitative estimate of drug-likeness (QED) is 0.319. The number of benzene rings is 2. The van der Waals surface area contributed by atoms with Gasteiger partial charge in [0.2, 0.25) is 0 Å². The molecule has 2 aromatic carbocycles. The molecular weight excluding hydrogens is 474 g/mol. The molecule has 2 aromatic heterocycles. The summed E-state index contributed by atoms with van der Waals surface area (Å²) < 4.78 is 31.8. The average Bonchev–Trinajstić information content (AvgIpc) is 3.46. The SMILES string of the molecule is CC(C)CN(CC(C)(C)C)c1ccc2c(cnn2[C@H](C)[C@](O)(Cn2cncn2)c2ccc(F)cc2F)c1. The summed E-state index contributed by atoms with van der Waals surface area (Å²) in [6.07, 6.45) is 4.56. The lowest BCUT2D eigenvalue weighted by Crippen LogP contribution is -2.41. The number of rotatable bonds is 9. The normalized spacial score (nSPS) is 14.8. The van der Waals surface area contributed by atoms with Crippen molar-refractivity contribution in [3.05, 3.63) is 72.4 Å². The molecule has 37 heavy (non-hydrogen) atoms. The molecular formula is C28H36F2N6O. The van der Waals surface area contributed by atoms with Crippen molar-refractivity contribution in [3.8, 4) is 0 Å². The fourth-order valence-corrected chi connectivity index (χ4v) is 4.87. The van der Waals surface area contributed by atoms with Crippen LogP contribution in [0.4, 0.5) is 14.5 Å². The highest BCUT2D eigenvalue weighted by Gasteiger charge is 2.41. The summed E-state index contributed by atoms with van der Waals surface area (Å²) in [6, 6.07) is 8.63. The smallest absolute Gasteiger partial charge is 0.137 e. The molecule has 2 atom stereocenters. The fourth-order valence-electron chi connectivity index (χ4n) is 4.87. The molecule has 0 aliphatic rings. The third-order valence-electron chi connectivity index (χ3n) is 6.52. The van der Waals surface area contributed by atoms with Gasteiger partial charge in [0.25, 0.3) is 0 Å². The lowest BCUT2D eigenvalue weighted by molar-refractivity contribution is -0.0354. The maximum atomic E-state index is 15.0. The molecule has 0 saturated carbocycles. The van der Waals surface area contributed by atoms with Crippen molar-refractivity contribution >= 4 is 16.6 Å². The van der Waals surface area contributed by atoms with Crippen LogP contribution in [0.25, 0.3) is 10.9 Å². The van der Waals surface area contributed by atoms with Gasteiger partial charge in [-0.2, -0.15) is 10.2 Å². The van der Waals surface area contributed by atoms with Crippen LogP contribution in [0, 0.1) is 23.0 Å². The van der Waals surface area contributed by atoms with E-state index in [1.54, 1.807) is 17.8 Å². The first-order valence-electron chi connectivity index (χ1n) is 12.6. The Kier molecular flexibility index (Phi) is 7.37. The lowest BCUT2D eigenvalue weighted by atomic mass is 9.86. The highest BCUT2D eigenvalue weighted by molar-refractivity contribution is 5.83. The predicted octanol–water partition coefficient (Wildman–Crippen LogP) is 5.56. The summed E-state index contributed by atoms with van der Waals surface area (Å²) in [5.41, 5.74) is 0.200. The van der Waals surface area contributed by atoms with Crippen LogP contribution in [-0.2, 0) is 12.1 Å². The average molecular weight is 511 g/mol. The first kappa shape index (κ1) is 26.7. The number of hydrogen-bond acceptors (Lipinski definition) is 5. The molecule has 0 saturated heterocycles. The fraction of sp³-hybridized carbons (Fsp3) is 0.464. The van der Waals surface area contributed by atoms with Gasteiger partial charge in [-0.3, -0.25) is 4.68 Å². The Balaban J connectivity index is 1.75. The van der Waals surface area contributed by atoms with E-state index in [4.69, 9.17) is 0 Å². The maximum Gasteiger partial charge on any atom is 0.137 e. The van der Waals surface area contributed by atoms with E-state index in [1.165, 1.54) is 23.4 Å². The van der Waals surface area contributed by atoms with Gasteiger partial charge >= 0.3 is 0 Å². The van der Waals surface area contributed by atoms with Crippen LogP contribution < -0.4 is 4.90 Å². The Morgan fingerprint density at radius 2 is 1.78 bits per heavy atom. The highest BCUT2D eigenvalue weighted by Crippen LogP contribution is 2.38. The molecule has 0 radical (unpaired) electrons. The number of aliphatic hydroxyl groups is 1. The molecule has 198 valence electrons. The molecule has 0 aliphatic heterocycles. The molecule has 7 nitrogen and oxygen atoms in total. The van der Waals surface area contributed by atoms with Crippen molar-refractivity contribution in [2.75, 3.05) is 18.0 Å². The number of fused-ring (bicyclic) bond motifs is 1. The zero-order valence-electron chi connectivity index (χ0n) is 22.4. The van der Waals surface area contributed by atoms with Crippen molar-refractivity contribution in [2.45, 2.75) is 59.7 Å². The lowest BCUT2D eigenvalue weighted by Gasteiger charge is -2.35. The van der Waals surface area contributed by atoms with Gasteiger partial charge in [0.15, 0.2) is 0 Å². The Bertz CT molecular complexity index is 1340. The highest BCUT2D eigenvalue weighted by atomic mass is 19.1. The van der Waals surface area contributed by atoms with E-state index in [2.05, 4.69) is 66.8 Å². The van der Waals surface area contributed by atoms with Crippen molar-refractivity contribution in [1.29, 1.82) is 0 Å². The Morgan fingerprint density at radius 3 is 2.41 bits per heavy atom. The minimum absolute atomic E-state index is 0.0366. The molecule has 0 fully saturated rings. The Labute approximate surface area is 216 Å². The summed E-state index contributed by atoms with van der Waals surface area (Å²) in [7, 11) is 0. The van der Waals surface area contributed by atoms with E-state index in [0.29, 0.717) is 5.92 Å². The van der Waals surface area contributed by atoms with Gasteiger partial charge in [0, 0.05) is 35.8 Å². The summed E-state index contributed by atoms with van der Waals surface area (Å²) in [5, 5.41) is 21.6. The van der Waals surface area contributed by atoms with Gasteiger partial charge < -0.3 is 10.0 Å². The molecule has 1 N–H and O–H groups in total.